The zero-order valence-corrected chi connectivity index (χ0v) is 8.69. The zero-order valence-electron chi connectivity index (χ0n) is 8.69. The number of rotatable bonds is 3. The van der Waals surface area contributed by atoms with Gasteiger partial charge in [-0.2, -0.15) is 4.39 Å². The average molecular weight is 241 g/mol. The molecule has 0 aliphatic heterocycles. The number of hydrogen-bond donors (Lipinski definition) is 2. The van der Waals surface area contributed by atoms with E-state index in [1.165, 1.54) is 0 Å². The number of carbonyl (C=O) groups is 2. The normalized spacial score (nSPS) is 9.82. The number of carbonyl (C=O) groups excluding carboxylic acids is 2. The molecule has 0 fully saturated rings. The van der Waals surface area contributed by atoms with Crippen molar-refractivity contribution in [2.45, 2.75) is 6.92 Å². The molecule has 0 aliphatic carbocycles. The number of nitrogens with zero attached hydrogens (tertiary/aromatic N) is 1. The van der Waals surface area contributed by atoms with Crippen molar-refractivity contribution in [3.8, 4) is 0 Å². The summed E-state index contributed by atoms with van der Waals surface area (Å²) in [5, 5.41) is 10.7. The Hall–Kier alpha value is -2.35. The maximum atomic E-state index is 13.7. The molecule has 0 heterocycles. The minimum Gasteiger partial charge on any atom is -0.294 e. The maximum absolute atomic E-state index is 13.7. The van der Waals surface area contributed by atoms with Gasteiger partial charge in [0.1, 0.15) is 0 Å². The van der Waals surface area contributed by atoms with Crippen molar-refractivity contribution in [1.29, 1.82) is 0 Å². The highest BCUT2D eigenvalue weighted by atomic mass is 19.1. The number of benzene rings is 1. The molecule has 8 heteroatoms. The number of nitro benzene ring substituents is 1. The highest BCUT2D eigenvalue weighted by Gasteiger charge is 2.28. The second-order valence-corrected chi connectivity index (χ2v) is 3.11. The van der Waals surface area contributed by atoms with Crippen LogP contribution < -0.4 is 11.3 Å². The lowest BCUT2D eigenvalue weighted by Crippen LogP contribution is -2.31. The van der Waals surface area contributed by atoms with Crippen LogP contribution in [-0.4, -0.2) is 16.6 Å². The van der Waals surface area contributed by atoms with Crippen LogP contribution in [0, 0.1) is 15.9 Å². The number of halogens is 1. The smallest absolute Gasteiger partial charge is 0.294 e. The van der Waals surface area contributed by atoms with Crippen molar-refractivity contribution in [2.75, 3.05) is 0 Å². The molecule has 0 unspecified atom stereocenters. The van der Waals surface area contributed by atoms with E-state index >= 15 is 0 Å². The van der Waals surface area contributed by atoms with Gasteiger partial charge in [-0.3, -0.25) is 25.1 Å². The third-order valence-corrected chi connectivity index (χ3v) is 2.05. The molecule has 17 heavy (non-hydrogen) atoms. The van der Waals surface area contributed by atoms with Gasteiger partial charge in [-0.1, -0.05) is 0 Å². The fourth-order valence-electron chi connectivity index (χ4n) is 1.28. The summed E-state index contributed by atoms with van der Waals surface area (Å²) in [4.78, 5) is 31.8. The second kappa shape index (κ2) is 4.66. The molecule has 0 radical (unpaired) electrons. The van der Waals surface area contributed by atoms with Crippen LogP contribution in [0.1, 0.15) is 27.6 Å². The zero-order chi connectivity index (χ0) is 13.2. The highest BCUT2D eigenvalue weighted by Crippen LogP contribution is 2.26. The van der Waals surface area contributed by atoms with Gasteiger partial charge in [-0.15, -0.1) is 0 Å². The Bertz CT molecular complexity index is 515. The minimum absolute atomic E-state index is 0.402. The molecule has 0 spiro atoms. The van der Waals surface area contributed by atoms with E-state index in [0.717, 1.165) is 19.1 Å². The van der Waals surface area contributed by atoms with E-state index in [4.69, 9.17) is 5.84 Å². The molecule has 1 rings (SSSR count). The van der Waals surface area contributed by atoms with E-state index in [-0.39, 0.29) is 0 Å². The quantitative estimate of drug-likeness (QED) is 0.263. The predicted molar refractivity (Wildman–Crippen MR) is 54.7 cm³/mol. The van der Waals surface area contributed by atoms with Crippen molar-refractivity contribution in [3.05, 3.63) is 39.2 Å². The van der Waals surface area contributed by atoms with E-state index in [1.807, 2.05) is 0 Å². The van der Waals surface area contributed by atoms with Crippen LogP contribution in [0.5, 0.6) is 0 Å². The van der Waals surface area contributed by atoms with Gasteiger partial charge in [0.2, 0.25) is 5.82 Å². The first-order valence-corrected chi connectivity index (χ1v) is 4.39. The molecule has 0 bridgehead atoms. The number of nitrogens with two attached hydrogens (primary N) is 1. The summed E-state index contributed by atoms with van der Waals surface area (Å²) < 4.78 is 13.7. The number of nitrogens with one attached hydrogen (secondary N) is 1. The Morgan fingerprint density at radius 1 is 1.41 bits per heavy atom. The minimum atomic E-state index is -1.38. The molecule has 1 aromatic rings. The number of Topliss-reactive ketones (excluding diaryl/α,β-unsaturated/α-hetero) is 1. The fourth-order valence-corrected chi connectivity index (χ4v) is 1.28. The summed E-state index contributed by atoms with van der Waals surface area (Å²) >= 11 is 0. The Kier molecular flexibility index (Phi) is 3.49. The fraction of sp³-hybridized carbons (Fsp3) is 0.111. The van der Waals surface area contributed by atoms with Crippen LogP contribution in [0.25, 0.3) is 0 Å². The molecule has 0 aromatic heterocycles. The van der Waals surface area contributed by atoms with E-state index < -0.39 is 39.2 Å². The monoisotopic (exact) mass is 241 g/mol. The molecule has 90 valence electrons. The van der Waals surface area contributed by atoms with Gasteiger partial charge in [-0.05, 0) is 19.1 Å². The first kappa shape index (κ1) is 12.7. The molecule has 3 N–H and O–H groups in total. The van der Waals surface area contributed by atoms with Crippen LogP contribution in [0.15, 0.2) is 12.1 Å². The van der Waals surface area contributed by atoms with Crippen LogP contribution in [0.2, 0.25) is 0 Å². The summed E-state index contributed by atoms with van der Waals surface area (Å²) in [6.07, 6.45) is 0. The summed E-state index contributed by atoms with van der Waals surface area (Å²) in [7, 11) is 0. The number of amides is 1. The van der Waals surface area contributed by atoms with Gasteiger partial charge >= 0.3 is 5.69 Å². The van der Waals surface area contributed by atoms with Gasteiger partial charge in [-0.25, -0.2) is 5.84 Å². The van der Waals surface area contributed by atoms with Crippen molar-refractivity contribution in [1.82, 2.24) is 5.43 Å². The molecule has 0 atom stereocenters. The standard InChI is InChI=1S/C9H8FN3O4/c1-4(14)5-2-3-6(9(15)12-11)7(10)8(5)13(16)17/h2-3H,11H2,1H3,(H,12,15). The molecule has 1 aromatic carbocycles. The third kappa shape index (κ3) is 2.26. The summed E-state index contributed by atoms with van der Waals surface area (Å²) in [6.45, 7) is 1.06. The summed E-state index contributed by atoms with van der Waals surface area (Å²) in [5.74, 6) is 1.73. The van der Waals surface area contributed by atoms with Crippen LogP contribution in [-0.2, 0) is 0 Å². The molecule has 0 aliphatic rings. The van der Waals surface area contributed by atoms with Gasteiger partial charge in [0, 0.05) is 0 Å². The second-order valence-electron chi connectivity index (χ2n) is 3.11. The topological polar surface area (TPSA) is 115 Å². The van der Waals surface area contributed by atoms with Gasteiger partial charge < -0.3 is 0 Å². The van der Waals surface area contributed by atoms with Crippen molar-refractivity contribution < 1.29 is 18.9 Å². The van der Waals surface area contributed by atoms with Crippen molar-refractivity contribution >= 4 is 17.4 Å². The van der Waals surface area contributed by atoms with Gasteiger partial charge in [0.25, 0.3) is 5.91 Å². The molecule has 1 amide bonds. The Labute approximate surface area is 94.5 Å². The predicted octanol–water partition coefficient (Wildman–Crippen LogP) is 0.540. The Morgan fingerprint density at radius 3 is 2.35 bits per heavy atom. The van der Waals surface area contributed by atoms with Crippen LogP contribution >= 0.6 is 0 Å². The van der Waals surface area contributed by atoms with E-state index in [9.17, 15) is 24.1 Å². The Balaban J connectivity index is 3.55. The highest BCUT2D eigenvalue weighted by molar-refractivity contribution is 6.01. The lowest BCUT2D eigenvalue weighted by Gasteiger charge is -2.04. The molecule has 0 saturated carbocycles. The van der Waals surface area contributed by atoms with Crippen molar-refractivity contribution in [2.24, 2.45) is 5.84 Å². The third-order valence-electron chi connectivity index (χ3n) is 2.05. The molecule has 0 saturated heterocycles. The lowest BCUT2D eigenvalue weighted by molar-refractivity contribution is -0.387. The average Bonchev–Trinajstić information content (AvgIpc) is 2.26. The number of nitrogen functional groups attached to an aromatic ring is 1. The number of nitro groups is 1. The number of hydrazine groups is 1. The van der Waals surface area contributed by atoms with Crippen LogP contribution in [0.4, 0.5) is 10.1 Å². The lowest BCUT2D eigenvalue weighted by atomic mass is 10.0. The van der Waals surface area contributed by atoms with Crippen LogP contribution in [0.3, 0.4) is 0 Å². The maximum Gasteiger partial charge on any atom is 0.316 e. The van der Waals surface area contributed by atoms with E-state index in [2.05, 4.69) is 0 Å². The molecular weight excluding hydrogens is 233 g/mol. The molecule has 7 nitrogen and oxygen atoms in total. The van der Waals surface area contributed by atoms with Gasteiger partial charge in [0.15, 0.2) is 5.78 Å². The summed E-state index contributed by atoms with van der Waals surface area (Å²) in [6, 6.07) is 1.97. The van der Waals surface area contributed by atoms with E-state index in [1.54, 1.807) is 5.43 Å². The van der Waals surface area contributed by atoms with E-state index in [0.29, 0.717) is 0 Å². The van der Waals surface area contributed by atoms with Gasteiger partial charge in [0.05, 0.1) is 16.1 Å². The largest absolute Gasteiger partial charge is 0.316 e. The molecular formula is C9H8FN3O4. The SMILES string of the molecule is CC(=O)c1ccc(C(=O)NN)c(F)c1[N+](=O)[O-]. The Morgan fingerprint density at radius 2 is 1.94 bits per heavy atom. The first-order chi connectivity index (χ1) is 7.90. The first-order valence-electron chi connectivity index (χ1n) is 4.39. The van der Waals surface area contributed by atoms with Crippen molar-refractivity contribution in [3.63, 3.8) is 0 Å². The number of hydrogen-bond acceptors (Lipinski definition) is 5. The summed E-state index contributed by atoms with van der Waals surface area (Å²) in [5.41, 5.74) is -0.374. The number of ketones is 1.